The Morgan fingerprint density at radius 1 is 1.45 bits per heavy atom. The number of carbonyl (C=O) groups excluding carboxylic acids is 1. The molecule has 6 heteroatoms. The van der Waals surface area contributed by atoms with Crippen LogP contribution in [0, 0.1) is 5.82 Å². The summed E-state index contributed by atoms with van der Waals surface area (Å²) in [6, 6.07) is 7.60. The summed E-state index contributed by atoms with van der Waals surface area (Å²) >= 11 is 0. The molecule has 20 heavy (non-hydrogen) atoms. The second-order valence-corrected chi connectivity index (χ2v) is 4.42. The number of benzene rings is 1. The van der Waals surface area contributed by atoms with Crippen molar-refractivity contribution in [2.75, 3.05) is 18.0 Å². The monoisotopic (exact) mass is 276 g/mol. The van der Waals surface area contributed by atoms with Gasteiger partial charge in [-0.3, -0.25) is 9.48 Å². The summed E-state index contributed by atoms with van der Waals surface area (Å²) in [4.78, 5) is 14.1. The van der Waals surface area contributed by atoms with E-state index in [2.05, 4.69) is 5.10 Å². The van der Waals surface area contributed by atoms with E-state index in [9.17, 15) is 9.18 Å². The van der Waals surface area contributed by atoms with Gasteiger partial charge in [-0.15, -0.1) is 0 Å². The second kappa shape index (κ2) is 6.29. The van der Waals surface area contributed by atoms with Crippen LogP contribution in [-0.2, 0) is 7.05 Å². The lowest BCUT2D eigenvalue weighted by Gasteiger charge is -2.22. The molecule has 0 bridgehead atoms. The summed E-state index contributed by atoms with van der Waals surface area (Å²) in [5, 5.41) is 3.98. The van der Waals surface area contributed by atoms with E-state index in [-0.39, 0.29) is 11.7 Å². The molecule has 5 nitrogen and oxygen atoms in total. The minimum absolute atomic E-state index is 0.218. The van der Waals surface area contributed by atoms with Gasteiger partial charge in [-0.2, -0.15) is 5.10 Å². The van der Waals surface area contributed by atoms with Crippen LogP contribution in [-0.4, -0.2) is 28.8 Å². The van der Waals surface area contributed by atoms with Crippen LogP contribution in [0.1, 0.15) is 16.9 Å². The number of carbonyl (C=O) groups is 1. The van der Waals surface area contributed by atoms with Crippen LogP contribution >= 0.6 is 0 Å². The van der Waals surface area contributed by atoms with Crippen molar-refractivity contribution in [2.24, 2.45) is 12.8 Å². The zero-order valence-corrected chi connectivity index (χ0v) is 11.3. The summed E-state index contributed by atoms with van der Waals surface area (Å²) in [5.74, 6) is -0.595. The first-order chi connectivity index (χ1) is 9.63. The predicted molar refractivity (Wildman–Crippen MR) is 75.0 cm³/mol. The fraction of sp³-hybridized carbons (Fsp3) is 0.286. The third-order valence-corrected chi connectivity index (χ3v) is 2.99. The number of anilines is 1. The molecule has 1 aromatic heterocycles. The number of hydrogen-bond acceptors (Lipinski definition) is 3. The summed E-state index contributed by atoms with van der Waals surface area (Å²) in [7, 11) is 1.69. The number of nitrogens with two attached hydrogens (primary N) is 1. The van der Waals surface area contributed by atoms with E-state index < -0.39 is 0 Å². The van der Waals surface area contributed by atoms with Crippen LogP contribution in [0.15, 0.2) is 36.5 Å². The van der Waals surface area contributed by atoms with Gasteiger partial charge in [0, 0.05) is 25.5 Å². The van der Waals surface area contributed by atoms with Crippen LogP contribution in [0.2, 0.25) is 0 Å². The van der Waals surface area contributed by atoms with Crippen LogP contribution in [0.4, 0.5) is 10.1 Å². The van der Waals surface area contributed by atoms with Crippen LogP contribution in [0.5, 0.6) is 0 Å². The van der Waals surface area contributed by atoms with Gasteiger partial charge in [-0.05, 0) is 37.2 Å². The molecule has 2 aromatic rings. The molecule has 2 rings (SSSR count). The molecule has 1 amide bonds. The first kappa shape index (κ1) is 14.2. The molecule has 0 fully saturated rings. The Bertz CT molecular complexity index is 596. The Morgan fingerprint density at radius 3 is 2.85 bits per heavy atom. The van der Waals surface area contributed by atoms with E-state index in [4.69, 9.17) is 5.73 Å². The van der Waals surface area contributed by atoms with Gasteiger partial charge in [0.1, 0.15) is 11.5 Å². The minimum atomic E-state index is -0.377. The van der Waals surface area contributed by atoms with Gasteiger partial charge < -0.3 is 10.6 Å². The normalized spacial score (nSPS) is 10.6. The molecule has 0 radical (unpaired) electrons. The molecule has 2 N–H and O–H groups in total. The Kier molecular flexibility index (Phi) is 4.47. The van der Waals surface area contributed by atoms with Crippen LogP contribution in [0.3, 0.4) is 0 Å². The number of aromatic nitrogens is 2. The number of hydrogen-bond donors (Lipinski definition) is 1. The molecular formula is C14H17FN4O. The summed E-state index contributed by atoms with van der Waals surface area (Å²) < 4.78 is 14.9. The van der Waals surface area contributed by atoms with Crippen molar-refractivity contribution in [1.29, 1.82) is 0 Å². The zero-order chi connectivity index (χ0) is 14.5. The number of aryl methyl sites for hydroxylation is 1. The molecule has 0 aliphatic rings. The Morgan fingerprint density at radius 2 is 2.25 bits per heavy atom. The molecule has 106 valence electrons. The van der Waals surface area contributed by atoms with Crippen molar-refractivity contribution in [1.82, 2.24) is 9.78 Å². The highest BCUT2D eigenvalue weighted by Gasteiger charge is 2.20. The first-order valence-corrected chi connectivity index (χ1v) is 6.39. The van der Waals surface area contributed by atoms with Crippen molar-refractivity contribution in [3.8, 4) is 0 Å². The quantitative estimate of drug-likeness (QED) is 0.901. The van der Waals surface area contributed by atoms with Crippen molar-refractivity contribution in [3.05, 3.63) is 48.0 Å². The maximum absolute atomic E-state index is 13.4. The van der Waals surface area contributed by atoms with Gasteiger partial charge in [0.05, 0.1) is 0 Å². The Labute approximate surface area is 116 Å². The van der Waals surface area contributed by atoms with Gasteiger partial charge in [-0.25, -0.2) is 4.39 Å². The molecule has 0 aliphatic carbocycles. The van der Waals surface area contributed by atoms with Gasteiger partial charge >= 0.3 is 0 Å². The molecule has 0 saturated heterocycles. The van der Waals surface area contributed by atoms with E-state index in [0.717, 1.165) is 0 Å². The van der Waals surface area contributed by atoms with Gasteiger partial charge in [0.15, 0.2) is 0 Å². The maximum Gasteiger partial charge on any atom is 0.276 e. The fourth-order valence-corrected chi connectivity index (χ4v) is 1.96. The molecule has 0 aliphatic heterocycles. The van der Waals surface area contributed by atoms with Gasteiger partial charge in [0.25, 0.3) is 5.91 Å². The standard InChI is InChI=1S/C14H17FN4O/c1-18-13(6-8-17-18)14(20)19(9-3-7-16)12-5-2-4-11(15)10-12/h2,4-6,8,10H,3,7,9,16H2,1H3. The van der Waals surface area contributed by atoms with Gasteiger partial charge in [-0.1, -0.05) is 6.07 Å². The van der Waals surface area contributed by atoms with E-state index in [1.165, 1.54) is 21.7 Å². The lowest BCUT2D eigenvalue weighted by Crippen LogP contribution is -2.34. The average Bonchev–Trinajstić information content (AvgIpc) is 2.85. The third kappa shape index (κ3) is 3.03. The highest BCUT2D eigenvalue weighted by molar-refractivity contribution is 6.04. The molecular weight excluding hydrogens is 259 g/mol. The lowest BCUT2D eigenvalue weighted by molar-refractivity contribution is 0.0977. The van der Waals surface area contributed by atoms with Crippen molar-refractivity contribution >= 4 is 11.6 Å². The van der Waals surface area contributed by atoms with Crippen LogP contribution < -0.4 is 10.6 Å². The third-order valence-electron chi connectivity index (χ3n) is 2.99. The number of halogens is 1. The second-order valence-electron chi connectivity index (χ2n) is 4.42. The lowest BCUT2D eigenvalue weighted by atomic mass is 10.2. The smallest absolute Gasteiger partial charge is 0.276 e. The first-order valence-electron chi connectivity index (χ1n) is 6.39. The van der Waals surface area contributed by atoms with Crippen molar-refractivity contribution < 1.29 is 9.18 Å². The molecule has 1 aromatic carbocycles. The SMILES string of the molecule is Cn1nccc1C(=O)N(CCCN)c1cccc(F)c1. The summed E-state index contributed by atoms with van der Waals surface area (Å²) in [6.45, 7) is 0.897. The number of amides is 1. The Hall–Kier alpha value is -2.21. The summed E-state index contributed by atoms with van der Waals surface area (Å²) in [6.07, 6.45) is 2.19. The van der Waals surface area contributed by atoms with E-state index >= 15 is 0 Å². The Balaban J connectivity index is 2.32. The maximum atomic E-state index is 13.4. The summed E-state index contributed by atoms with van der Waals surface area (Å²) in [5.41, 5.74) is 6.47. The molecule has 0 spiro atoms. The average molecular weight is 276 g/mol. The molecule has 1 heterocycles. The minimum Gasteiger partial charge on any atom is -0.330 e. The fourth-order valence-electron chi connectivity index (χ4n) is 1.96. The zero-order valence-electron chi connectivity index (χ0n) is 11.3. The van der Waals surface area contributed by atoms with E-state index in [0.29, 0.717) is 30.9 Å². The predicted octanol–water partition coefficient (Wildman–Crippen LogP) is 1.55. The number of rotatable bonds is 5. The highest BCUT2D eigenvalue weighted by Crippen LogP contribution is 2.18. The van der Waals surface area contributed by atoms with E-state index in [1.54, 1.807) is 31.4 Å². The topological polar surface area (TPSA) is 64.2 Å². The highest BCUT2D eigenvalue weighted by atomic mass is 19.1. The van der Waals surface area contributed by atoms with Crippen LogP contribution in [0.25, 0.3) is 0 Å². The van der Waals surface area contributed by atoms with Crippen molar-refractivity contribution in [3.63, 3.8) is 0 Å². The van der Waals surface area contributed by atoms with Crippen molar-refractivity contribution in [2.45, 2.75) is 6.42 Å². The largest absolute Gasteiger partial charge is 0.330 e. The van der Waals surface area contributed by atoms with Gasteiger partial charge in [0.2, 0.25) is 0 Å². The molecule has 0 saturated carbocycles. The number of nitrogens with zero attached hydrogens (tertiary/aromatic N) is 3. The molecule has 0 unspecified atom stereocenters. The molecule has 0 atom stereocenters. The van der Waals surface area contributed by atoms with E-state index in [1.807, 2.05) is 0 Å².